The summed E-state index contributed by atoms with van der Waals surface area (Å²) in [5.41, 5.74) is 1.88. The standard InChI is InChI=1S/C17H18ClN3O/c18-14-6-4-12(5-7-14)10-19-16-9-8-15(11-20-16)21-17(22)13-2-1-3-13/h4-9,11,13H,1-3,10H2,(H,19,20)(H,21,22). The fourth-order valence-corrected chi connectivity index (χ4v) is 2.41. The quantitative estimate of drug-likeness (QED) is 0.874. The number of benzene rings is 1. The highest BCUT2D eigenvalue weighted by Crippen LogP contribution is 2.27. The minimum atomic E-state index is 0.106. The number of hydrogen-bond acceptors (Lipinski definition) is 3. The first-order valence-electron chi connectivity index (χ1n) is 7.46. The highest BCUT2D eigenvalue weighted by molar-refractivity contribution is 6.30. The molecule has 3 rings (SSSR count). The second-order valence-electron chi connectivity index (χ2n) is 5.53. The van der Waals surface area contributed by atoms with Gasteiger partial charge in [-0.15, -0.1) is 0 Å². The maximum Gasteiger partial charge on any atom is 0.227 e. The lowest BCUT2D eigenvalue weighted by atomic mass is 9.85. The third-order valence-corrected chi connectivity index (χ3v) is 4.15. The van der Waals surface area contributed by atoms with Crippen molar-refractivity contribution in [3.05, 3.63) is 53.2 Å². The molecule has 0 unspecified atom stereocenters. The molecule has 0 bridgehead atoms. The van der Waals surface area contributed by atoms with Gasteiger partial charge in [0, 0.05) is 17.5 Å². The number of aromatic nitrogens is 1. The van der Waals surface area contributed by atoms with E-state index in [9.17, 15) is 4.79 Å². The Morgan fingerprint density at radius 2 is 1.95 bits per heavy atom. The van der Waals surface area contributed by atoms with Crippen LogP contribution in [0.1, 0.15) is 24.8 Å². The van der Waals surface area contributed by atoms with Crippen LogP contribution in [0.2, 0.25) is 5.02 Å². The summed E-state index contributed by atoms with van der Waals surface area (Å²) in [6.45, 7) is 0.679. The van der Waals surface area contributed by atoms with E-state index >= 15 is 0 Å². The molecule has 0 atom stereocenters. The summed E-state index contributed by atoms with van der Waals surface area (Å²) < 4.78 is 0. The molecule has 1 saturated carbocycles. The lowest BCUT2D eigenvalue weighted by Gasteiger charge is -2.23. The fourth-order valence-electron chi connectivity index (χ4n) is 2.28. The first-order chi connectivity index (χ1) is 10.7. The zero-order valence-electron chi connectivity index (χ0n) is 12.2. The molecule has 1 amide bonds. The fraction of sp³-hybridized carbons (Fsp3) is 0.294. The van der Waals surface area contributed by atoms with Crippen LogP contribution in [-0.4, -0.2) is 10.9 Å². The Morgan fingerprint density at radius 3 is 2.55 bits per heavy atom. The number of carbonyl (C=O) groups excluding carboxylic acids is 1. The van der Waals surface area contributed by atoms with Crippen molar-refractivity contribution >= 4 is 29.0 Å². The Hall–Kier alpha value is -2.07. The largest absolute Gasteiger partial charge is 0.366 e. The molecule has 5 heteroatoms. The molecule has 2 N–H and O–H groups in total. The second-order valence-corrected chi connectivity index (χ2v) is 5.97. The molecular formula is C17H18ClN3O. The van der Waals surface area contributed by atoms with Crippen LogP contribution in [0.5, 0.6) is 0 Å². The molecule has 1 aliphatic carbocycles. The smallest absolute Gasteiger partial charge is 0.227 e. The van der Waals surface area contributed by atoms with Gasteiger partial charge in [0.25, 0.3) is 0 Å². The number of nitrogens with zero attached hydrogens (tertiary/aromatic N) is 1. The van der Waals surface area contributed by atoms with E-state index < -0.39 is 0 Å². The number of rotatable bonds is 5. The van der Waals surface area contributed by atoms with E-state index in [1.807, 2.05) is 36.4 Å². The van der Waals surface area contributed by atoms with Crippen LogP contribution in [0.25, 0.3) is 0 Å². The highest BCUT2D eigenvalue weighted by atomic mass is 35.5. The van der Waals surface area contributed by atoms with Gasteiger partial charge in [0.2, 0.25) is 5.91 Å². The van der Waals surface area contributed by atoms with E-state index in [1.54, 1.807) is 6.20 Å². The lowest BCUT2D eigenvalue weighted by Crippen LogP contribution is -2.28. The molecule has 0 spiro atoms. The summed E-state index contributed by atoms with van der Waals surface area (Å²) in [5.74, 6) is 1.06. The summed E-state index contributed by atoms with van der Waals surface area (Å²) in [7, 11) is 0. The topological polar surface area (TPSA) is 54.0 Å². The highest BCUT2D eigenvalue weighted by Gasteiger charge is 2.25. The van der Waals surface area contributed by atoms with Crippen molar-refractivity contribution in [1.82, 2.24) is 4.98 Å². The molecular weight excluding hydrogens is 298 g/mol. The number of nitrogens with one attached hydrogen (secondary N) is 2. The summed E-state index contributed by atoms with van der Waals surface area (Å²) in [5, 5.41) is 6.88. The normalized spacial score (nSPS) is 14.2. The predicted molar refractivity (Wildman–Crippen MR) is 89.0 cm³/mol. The molecule has 1 aromatic heterocycles. The molecule has 2 aromatic rings. The maximum atomic E-state index is 11.9. The van der Waals surface area contributed by atoms with Crippen molar-refractivity contribution in [2.24, 2.45) is 5.92 Å². The van der Waals surface area contributed by atoms with Gasteiger partial charge < -0.3 is 10.6 Å². The van der Waals surface area contributed by atoms with Crippen LogP contribution in [0.3, 0.4) is 0 Å². The number of amides is 1. The van der Waals surface area contributed by atoms with Crippen molar-refractivity contribution in [2.45, 2.75) is 25.8 Å². The van der Waals surface area contributed by atoms with Crippen LogP contribution in [0, 0.1) is 5.92 Å². The van der Waals surface area contributed by atoms with Crippen molar-refractivity contribution < 1.29 is 4.79 Å². The Labute approximate surface area is 134 Å². The Morgan fingerprint density at radius 1 is 1.18 bits per heavy atom. The first-order valence-corrected chi connectivity index (χ1v) is 7.84. The van der Waals surface area contributed by atoms with Gasteiger partial charge in [-0.25, -0.2) is 4.98 Å². The molecule has 1 heterocycles. The number of carbonyl (C=O) groups is 1. The number of pyridine rings is 1. The number of anilines is 2. The molecule has 1 fully saturated rings. The third-order valence-electron chi connectivity index (χ3n) is 3.89. The van der Waals surface area contributed by atoms with E-state index in [2.05, 4.69) is 15.6 Å². The monoisotopic (exact) mass is 315 g/mol. The van der Waals surface area contributed by atoms with Crippen molar-refractivity contribution in [2.75, 3.05) is 10.6 Å². The van der Waals surface area contributed by atoms with Crippen LogP contribution < -0.4 is 10.6 Å². The van der Waals surface area contributed by atoms with E-state index in [0.29, 0.717) is 6.54 Å². The van der Waals surface area contributed by atoms with Gasteiger partial charge in [0.05, 0.1) is 11.9 Å². The zero-order valence-corrected chi connectivity index (χ0v) is 12.9. The van der Waals surface area contributed by atoms with Gasteiger partial charge in [0.1, 0.15) is 5.82 Å². The SMILES string of the molecule is O=C(Nc1ccc(NCc2ccc(Cl)cc2)nc1)C1CCC1. The van der Waals surface area contributed by atoms with Crippen LogP contribution >= 0.6 is 11.6 Å². The molecule has 0 aliphatic heterocycles. The molecule has 1 aromatic carbocycles. The minimum absolute atomic E-state index is 0.106. The first kappa shape index (κ1) is 14.9. The molecule has 4 nitrogen and oxygen atoms in total. The Balaban J connectivity index is 1.52. The third kappa shape index (κ3) is 3.77. The van der Waals surface area contributed by atoms with Gasteiger partial charge in [0.15, 0.2) is 0 Å². The van der Waals surface area contributed by atoms with E-state index in [1.165, 1.54) is 0 Å². The molecule has 1 aliphatic rings. The minimum Gasteiger partial charge on any atom is -0.366 e. The van der Waals surface area contributed by atoms with Crippen LogP contribution in [0.4, 0.5) is 11.5 Å². The Bertz CT molecular complexity index is 636. The van der Waals surface area contributed by atoms with E-state index in [4.69, 9.17) is 11.6 Å². The van der Waals surface area contributed by atoms with E-state index in [0.717, 1.165) is 41.4 Å². The van der Waals surface area contributed by atoms with Gasteiger partial charge in [-0.1, -0.05) is 30.2 Å². The molecule has 114 valence electrons. The van der Waals surface area contributed by atoms with Crippen LogP contribution in [-0.2, 0) is 11.3 Å². The van der Waals surface area contributed by atoms with Gasteiger partial charge in [-0.05, 0) is 42.7 Å². The molecule has 0 saturated heterocycles. The number of hydrogen-bond donors (Lipinski definition) is 2. The molecule has 0 radical (unpaired) electrons. The van der Waals surface area contributed by atoms with Gasteiger partial charge >= 0.3 is 0 Å². The average Bonchev–Trinajstić information content (AvgIpc) is 2.46. The van der Waals surface area contributed by atoms with Crippen molar-refractivity contribution in [3.63, 3.8) is 0 Å². The summed E-state index contributed by atoms with van der Waals surface area (Å²) in [6.07, 6.45) is 4.84. The van der Waals surface area contributed by atoms with Crippen molar-refractivity contribution in [3.8, 4) is 0 Å². The summed E-state index contributed by atoms with van der Waals surface area (Å²) in [6, 6.07) is 11.4. The van der Waals surface area contributed by atoms with Crippen LogP contribution in [0.15, 0.2) is 42.6 Å². The van der Waals surface area contributed by atoms with Gasteiger partial charge in [-0.2, -0.15) is 0 Å². The molecule has 22 heavy (non-hydrogen) atoms. The Kier molecular flexibility index (Phi) is 4.59. The number of halogens is 1. The van der Waals surface area contributed by atoms with Gasteiger partial charge in [-0.3, -0.25) is 4.79 Å². The van der Waals surface area contributed by atoms with E-state index in [-0.39, 0.29) is 11.8 Å². The summed E-state index contributed by atoms with van der Waals surface area (Å²) >= 11 is 5.86. The lowest BCUT2D eigenvalue weighted by molar-refractivity contribution is -0.122. The maximum absolute atomic E-state index is 11.9. The summed E-state index contributed by atoms with van der Waals surface area (Å²) in [4.78, 5) is 16.2. The zero-order chi connectivity index (χ0) is 15.4. The average molecular weight is 316 g/mol. The second kappa shape index (κ2) is 6.79. The predicted octanol–water partition coefficient (Wildman–Crippen LogP) is 4.09. The van der Waals surface area contributed by atoms with Crippen molar-refractivity contribution in [1.29, 1.82) is 0 Å².